The molecule has 4 rings (SSSR count). The van der Waals surface area contributed by atoms with E-state index in [0.29, 0.717) is 11.8 Å². The molecule has 1 atom stereocenters. The van der Waals surface area contributed by atoms with E-state index < -0.39 is 0 Å². The van der Waals surface area contributed by atoms with E-state index in [4.69, 9.17) is 14.0 Å². The van der Waals surface area contributed by atoms with E-state index in [1.165, 1.54) is 12.8 Å². The highest BCUT2D eigenvalue weighted by Crippen LogP contribution is 2.39. The second-order valence-corrected chi connectivity index (χ2v) is 6.42. The monoisotopic (exact) mass is 293 g/mol. The molecule has 0 bridgehead atoms. The normalized spacial score (nSPS) is 27.3. The molecule has 6 nitrogen and oxygen atoms in total. The lowest BCUT2D eigenvalue weighted by molar-refractivity contribution is -0.0997. The van der Waals surface area contributed by atoms with Gasteiger partial charge in [0, 0.05) is 11.8 Å². The Labute approximate surface area is 124 Å². The molecule has 0 amide bonds. The SMILES string of the molecule is CC(c1nc(C2CC2)no1)N1CCC(C2OCCO2)CC1. The van der Waals surface area contributed by atoms with Crippen LogP contribution in [0.3, 0.4) is 0 Å². The van der Waals surface area contributed by atoms with Crippen LogP contribution in [0.15, 0.2) is 4.52 Å². The molecule has 1 aromatic heterocycles. The number of hydrogen-bond acceptors (Lipinski definition) is 6. The van der Waals surface area contributed by atoms with Crippen molar-refractivity contribution in [3.63, 3.8) is 0 Å². The van der Waals surface area contributed by atoms with Crippen molar-refractivity contribution in [3.05, 3.63) is 11.7 Å². The molecule has 3 heterocycles. The number of nitrogens with zero attached hydrogens (tertiary/aromatic N) is 3. The molecule has 1 saturated carbocycles. The molecular weight excluding hydrogens is 270 g/mol. The molecule has 2 aliphatic heterocycles. The quantitative estimate of drug-likeness (QED) is 0.847. The van der Waals surface area contributed by atoms with Crippen LogP contribution < -0.4 is 0 Å². The first kappa shape index (κ1) is 13.7. The molecule has 1 unspecified atom stereocenters. The molecule has 116 valence electrons. The molecule has 0 aromatic carbocycles. The van der Waals surface area contributed by atoms with Crippen LogP contribution in [0.25, 0.3) is 0 Å². The number of aromatic nitrogens is 2. The maximum atomic E-state index is 5.63. The first-order valence-corrected chi connectivity index (χ1v) is 8.12. The van der Waals surface area contributed by atoms with Gasteiger partial charge in [-0.05, 0) is 45.7 Å². The van der Waals surface area contributed by atoms with E-state index in [2.05, 4.69) is 22.0 Å². The minimum Gasteiger partial charge on any atom is -0.350 e. The Morgan fingerprint density at radius 1 is 1.10 bits per heavy atom. The topological polar surface area (TPSA) is 60.6 Å². The fourth-order valence-corrected chi connectivity index (χ4v) is 3.31. The van der Waals surface area contributed by atoms with Gasteiger partial charge in [-0.15, -0.1) is 0 Å². The van der Waals surface area contributed by atoms with Crippen LogP contribution in [0.2, 0.25) is 0 Å². The number of ether oxygens (including phenoxy) is 2. The van der Waals surface area contributed by atoms with Crippen molar-refractivity contribution in [2.45, 2.75) is 50.9 Å². The second-order valence-electron chi connectivity index (χ2n) is 6.42. The summed E-state index contributed by atoms with van der Waals surface area (Å²) in [5.41, 5.74) is 0. The first-order chi connectivity index (χ1) is 10.3. The van der Waals surface area contributed by atoms with E-state index in [9.17, 15) is 0 Å². The van der Waals surface area contributed by atoms with Crippen molar-refractivity contribution in [3.8, 4) is 0 Å². The highest BCUT2D eigenvalue weighted by molar-refractivity contribution is 5.04. The zero-order valence-corrected chi connectivity index (χ0v) is 12.5. The summed E-state index contributed by atoms with van der Waals surface area (Å²) < 4.78 is 16.7. The maximum absolute atomic E-state index is 5.63. The van der Waals surface area contributed by atoms with Crippen LogP contribution in [0.1, 0.15) is 56.3 Å². The lowest BCUT2D eigenvalue weighted by Gasteiger charge is -2.35. The summed E-state index contributed by atoms with van der Waals surface area (Å²) in [4.78, 5) is 7.00. The lowest BCUT2D eigenvalue weighted by Crippen LogP contribution is -2.39. The zero-order chi connectivity index (χ0) is 14.2. The van der Waals surface area contributed by atoms with Crippen LogP contribution in [0.5, 0.6) is 0 Å². The van der Waals surface area contributed by atoms with Crippen molar-refractivity contribution in [2.75, 3.05) is 26.3 Å². The Kier molecular flexibility index (Phi) is 3.69. The van der Waals surface area contributed by atoms with Gasteiger partial charge in [0.2, 0.25) is 5.89 Å². The van der Waals surface area contributed by atoms with Crippen molar-refractivity contribution in [1.82, 2.24) is 15.0 Å². The molecule has 1 aromatic rings. The van der Waals surface area contributed by atoms with Gasteiger partial charge in [-0.1, -0.05) is 5.16 Å². The predicted octanol–water partition coefficient (Wildman–Crippen LogP) is 2.09. The summed E-state index contributed by atoms with van der Waals surface area (Å²) in [7, 11) is 0. The highest BCUT2D eigenvalue weighted by atomic mass is 16.7. The summed E-state index contributed by atoms with van der Waals surface area (Å²) in [5.74, 6) is 2.75. The second kappa shape index (κ2) is 5.66. The molecule has 21 heavy (non-hydrogen) atoms. The van der Waals surface area contributed by atoms with Gasteiger partial charge in [-0.25, -0.2) is 0 Å². The van der Waals surface area contributed by atoms with Crippen molar-refractivity contribution in [2.24, 2.45) is 5.92 Å². The molecule has 3 fully saturated rings. The summed E-state index contributed by atoms with van der Waals surface area (Å²) in [6.45, 7) is 5.72. The molecule has 6 heteroatoms. The largest absolute Gasteiger partial charge is 0.350 e. The summed E-state index contributed by atoms with van der Waals surface area (Å²) in [5, 5.41) is 4.12. The zero-order valence-electron chi connectivity index (χ0n) is 12.5. The Hall–Kier alpha value is -0.980. The van der Waals surface area contributed by atoms with E-state index >= 15 is 0 Å². The predicted molar refractivity (Wildman–Crippen MR) is 74.7 cm³/mol. The van der Waals surface area contributed by atoms with E-state index in [1.807, 2.05) is 0 Å². The van der Waals surface area contributed by atoms with Crippen molar-refractivity contribution >= 4 is 0 Å². The summed E-state index contributed by atoms with van der Waals surface area (Å²) >= 11 is 0. The molecular formula is C15H23N3O3. The van der Waals surface area contributed by atoms with Crippen molar-refractivity contribution < 1.29 is 14.0 Å². The summed E-state index contributed by atoms with van der Waals surface area (Å²) in [6.07, 6.45) is 4.66. The third-order valence-corrected chi connectivity index (χ3v) is 4.91. The van der Waals surface area contributed by atoms with Gasteiger partial charge >= 0.3 is 0 Å². The molecule has 1 aliphatic carbocycles. The van der Waals surface area contributed by atoms with Gasteiger partial charge in [-0.2, -0.15) is 4.98 Å². The fraction of sp³-hybridized carbons (Fsp3) is 0.867. The Morgan fingerprint density at radius 3 is 2.48 bits per heavy atom. The minimum absolute atomic E-state index is 0.0207. The van der Waals surface area contributed by atoms with Gasteiger partial charge in [0.25, 0.3) is 0 Å². The smallest absolute Gasteiger partial charge is 0.243 e. The van der Waals surface area contributed by atoms with Crippen molar-refractivity contribution in [1.29, 1.82) is 0 Å². The van der Waals surface area contributed by atoms with Gasteiger partial charge in [-0.3, -0.25) is 4.90 Å². The van der Waals surface area contributed by atoms with E-state index in [0.717, 1.165) is 50.9 Å². The third kappa shape index (κ3) is 2.84. The van der Waals surface area contributed by atoms with Gasteiger partial charge in [0.1, 0.15) is 0 Å². The molecule has 2 saturated heterocycles. The van der Waals surface area contributed by atoms with Crippen LogP contribution >= 0.6 is 0 Å². The van der Waals surface area contributed by atoms with Gasteiger partial charge in [0.15, 0.2) is 12.1 Å². The van der Waals surface area contributed by atoms with Crippen LogP contribution in [-0.4, -0.2) is 47.6 Å². The summed E-state index contributed by atoms with van der Waals surface area (Å²) in [6, 6.07) is 0.205. The Morgan fingerprint density at radius 2 is 1.81 bits per heavy atom. The van der Waals surface area contributed by atoms with Gasteiger partial charge < -0.3 is 14.0 Å². The number of rotatable bonds is 4. The highest BCUT2D eigenvalue weighted by Gasteiger charge is 2.34. The average Bonchev–Trinajstić information content (AvgIpc) is 3.05. The van der Waals surface area contributed by atoms with E-state index in [1.54, 1.807) is 0 Å². The standard InChI is InChI=1S/C15H23N3O3/c1-10(14-16-13(17-21-14)11-2-3-11)18-6-4-12(5-7-18)15-19-8-9-20-15/h10-12,15H,2-9H2,1H3. The number of hydrogen-bond donors (Lipinski definition) is 0. The maximum Gasteiger partial charge on any atom is 0.243 e. The van der Waals surface area contributed by atoms with Crippen LogP contribution in [0.4, 0.5) is 0 Å². The van der Waals surface area contributed by atoms with E-state index in [-0.39, 0.29) is 12.3 Å². The Balaban J connectivity index is 1.33. The fourth-order valence-electron chi connectivity index (χ4n) is 3.31. The molecule has 0 radical (unpaired) electrons. The average molecular weight is 293 g/mol. The number of piperidine rings is 1. The Bertz CT molecular complexity index is 474. The molecule has 0 N–H and O–H groups in total. The first-order valence-electron chi connectivity index (χ1n) is 8.12. The van der Waals surface area contributed by atoms with Crippen LogP contribution in [0, 0.1) is 5.92 Å². The van der Waals surface area contributed by atoms with Gasteiger partial charge in [0.05, 0.1) is 19.3 Å². The lowest BCUT2D eigenvalue weighted by atomic mass is 9.95. The third-order valence-electron chi connectivity index (χ3n) is 4.91. The minimum atomic E-state index is 0.0207. The van der Waals surface area contributed by atoms with Crippen LogP contribution in [-0.2, 0) is 9.47 Å². The number of likely N-dealkylation sites (tertiary alicyclic amines) is 1. The molecule has 0 spiro atoms. The molecule has 3 aliphatic rings.